The van der Waals surface area contributed by atoms with Crippen molar-refractivity contribution < 1.29 is 28.2 Å². The highest BCUT2D eigenvalue weighted by Crippen LogP contribution is 2.10. The Labute approximate surface area is 139 Å². The number of hydrogen-bond donors (Lipinski definition) is 1. The summed E-state index contributed by atoms with van der Waals surface area (Å²) >= 11 is 0. The van der Waals surface area contributed by atoms with Gasteiger partial charge in [-0.15, -0.1) is 0 Å². The molecule has 0 spiro atoms. The maximum Gasteiger partial charge on any atom is 0.344 e. The SMILES string of the molecule is CCCNC(=O)CN(C)C(=O)COC(=O)COc1ccc(F)cc1. The molecular formula is C16H21FN2O5. The fourth-order valence-electron chi connectivity index (χ4n) is 1.59. The molecule has 0 bridgehead atoms. The molecule has 8 heteroatoms. The van der Waals surface area contributed by atoms with Gasteiger partial charge < -0.3 is 19.7 Å². The molecule has 0 heterocycles. The average molecular weight is 340 g/mol. The van der Waals surface area contributed by atoms with Gasteiger partial charge in [0.2, 0.25) is 5.91 Å². The summed E-state index contributed by atoms with van der Waals surface area (Å²) in [6, 6.07) is 5.14. The molecule has 0 aromatic heterocycles. The van der Waals surface area contributed by atoms with Gasteiger partial charge in [-0.25, -0.2) is 9.18 Å². The number of carbonyl (C=O) groups excluding carboxylic acids is 3. The predicted octanol–water partition coefficient (Wildman–Crippen LogP) is 0.732. The Morgan fingerprint density at radius 1 is 1.17 bits per heavy atom. The van der Waals surface area contributed by atoms with Crippen LogP contribution < -0.4 is 10.1 Å². The number of esters is 1. The molecule has 24 heavy (non-hydrogen) atoms. The van der Waals surface area contributed by atoms with Crippen molar-refractivity contribution in [3.05, 3.63) is 30.1 Å². The molecule has 0 atom stereocenters. The first kappa shape index (κ1) is 19.4. The molecule has 0 aliphatic carbocycles. The number of carbonyl (C=O) groups is 3. The van der Waals surface area contributed by atoms with Crippen molar-refractivity contribution in [1.82, 2.24) is 10.2 Å². The maximum atomic E-state index is 12.7. The number of hydrogen-bond acceptors (Lipinski definition) is 5. The van der Waals surface area contributed by atoms with Crippen LogP contribution >= 0.6 is 0 Å². The first-order valence-electron chi connectivity index (χ1n) is 7.47. The van der Waals surface area contributed by atoms with Crippen molar-refractivity contribution in [1.29, 1.82) is 0 Å². The zero-order valence-electron chi connectivity index (χ0n) is 13.7. The minimum absolute atomic E-state index is 0.109. The lowest BCUT2D eigenvalue weighted by atomic mass is 10.3. The van der Waals surface area contributed by atoms with Crippen LogP contribution in [0.5, 0.6) is 5.75 Å². The minimum Gasteiger partial charge on any atom is -0.482 e. The van der Waals surface area contributed by atoms with Crippen molar-refractivity contribution in [2.24, 2.45) is 0 Å². The molecule has 0 saturated carbocycles. The van der Waals surface area contributed by atoms with Crippen LogP contribution in [0, 0.1) is 5.82 Å². The first-order chi connectivity index (χ1) is 11.4. The highest BCUT2D eigenvalue weighted by molar-refractivity contribution is 5.86. The first-order valence-corrected chi connectivity index (χ1v) is 7.47. The summed E-state index contributed by atoms with van der Waals surface area (Å²) in [5.74, 6) is -1.63. The van der Waals surface area contributed by atoms with Crippen LogP contribution in [0.2, 0.25) is 0 Å². The molecule has 132 valence electrons. The molecule has 7 nitrogen and oxygen atoms in total. The second kappa shape index (κ2) is 10.2. The number of amides is 2. The summed E-state index contributed by atoms with van der Waals surface area (Å²) in [4.78, 5) is 35.9. The Morgan fingerprint density at radius 3 is 2.46 bits per heavy atom. The van der Waals surface area contributed by atoms with Crippen LogP contribution in [0.15, 0.2) is 24.3 Å². The Bertz CT molecular complexity index is 562. The zero-order chi connectivity index (χ0) is 17.9. The molecule has 0 unspecified atom stereocenters. The number of benzene rings is 1. The van der Waals surface area contributed by atoms with Crippen molar-refractivity contribution in [3.8, 4) is 5.75 Å². The van der Waals surface area contributed by atoms with Gasteiger partial charge in [0.25, 0.3) is 5.91 Å². The van der Waals surface area contributed by atoms with Gasteiger partial charge in [-0.1, -0.05) is 6.92 Å². The van der Waals surface area contributed by atoms with Crippen LogP contribution in [-0.2, 0) is 19.1 Å². The van der Waals surface area contributed by atoms with E-state index in [1.807, 2.05) is 6.92 Å². The average Bonchev–Trinajstić information content (AvgIpc) is 2.57. The lowest BCUT2D eigenvalue weighted by molar-refractivity contribution is -0.153. The number of rotatable bonds is 9. The van der Waals surface area contributed by atoms with E-state index in [-0.39, 0.29) is 12.5 Å². The van der Waals surface area contributed by atoms with E-state index in [2.05, 4.69) is 5.32 Å². The standard InChI is InChI=1S/C16H21FN2O5/c1-3-8-18-14(20)9-19(2)15(21)10-24-16(22)11-23-13-6-4-12(17)5-7-13/h4-7H,3,8-11H2,1-2H3,(H,18,20). The highest BCUT2D eigenvalue weighted by Gasteiger charge is 2.15. The monoisotopic (exact) mass is 340 g/mol. The van der Waals surface area contributed by atoms with Crippen molar-refractivity contribution in [2.75, 3.05) is 33.4 Å². The molecular weight excluding hydrogens is 319 g/mol. The van der Waals surface area contributed by atoms with E-state index in [1.165, 1.54) is 36.2 Å². The van der Waals surface area contributed by atoms with Gasteiger partial charge in [-0.2, -0.15) is 0 Å². The number of ether oxygens (including phenoxy) is 2. The summed E-state index contributed by atoms with van der Waals surface area (Å²) in [6.45, 7) is 1.46. The van der Waals surface area contributed by atoms with E-state index < -0.39 is 30.9 Å². The molecule has 1 aromatic carbocycles. The van der Waals surface area contributed by atoms with Crippen LogP contribution in [0.3, 0.4) is 0 Å². The molecule has 0 aliphatic rings. The molecule has 1 aromatic rings. The van der Waals surface area contributed by atoms with Gasteiger partial charge in [0.1, 0.15) is 11.6 Å². The fraction of sp³-hybridized carbons (Fsp3) is 0.438. The Balaban J connectivity index is 2.26. The van der Waals surface area contributed by atoms with Crippen LogP contribution in [-0.4, -0.2) is 56.0 Å². The molecule has 2 amide bonds. The van der Waals surface area contributed by atoms with E-state index in [0.29, 0.717) is 12.3 Å². The number of halogens is 1. The molecule has 0 radical (unpaired) electrons. The Morgan fingerprint density at radius 2 is 1.83 bits per heavy atom. The summed E-state index contributed by atoms with van der Waals surface area (Å²) in [5.41, 5.74) is 0. The third-order valence-electron chi connectivity index (χ3n) is 2.91. The van der Waals surface area contributed by atoms with Gasteiger partial charge in [0.15, 0.2) is 13.2 Å². The summed E-state index contributed by atoms with van der Waals surface area (Å²) in [7, 11) is 1.44. The lowest BCUT2D eigenvalue weighted by Crippen LogP contribution is -2.40. The van der Waals surface area contributed by atoms with E-state index in [9.17, 15) is 18.8 Å². The van der Waals surface area contributed by atoms with E-state index in [4.69, 9.17) is 9.47 Å². The molecule has 0 aliphatic heterocycles. The Hall–Kier alpha value is -2.64. The lowest BCUT2D eigenvalue weighted by Gasteiger charge is -2.16. The van der Waals surface area contributed by atoms with Crippen LogP contribution in [0.1, 0.15) is 13.3 Å². The quantitative estimate of drug-likeness (QED) is 0.670. The van der Waals surface area contributed by atoms with Crippen LogP contribution in [0.4, 0.5) is 4.39 Å². The second-order valence-corrected chi connectivity index (χ2v) is 5.00. The molecule has 0 fully saturated rings. The smallest absolute Gasteiger partial charge is 0.344 e. The third-order valence-corrected chi connectivity index (χ3v) is 2.91. The summed E-state index contributed by atoms with van der Waals surface area (Å²) in [5, 5.41) is 2.64. The number of likely N-dealkylation sites (N-methyl/N-ethyl adjacent to an activating group) is 1. The fourth-order valence-corrected chi connectivity index (χ4v) is 1.59. The van der Waals surface area contributed by atoms with Gasteiger partial charge in [-0.05, 0) is 30.7 Å². The molecule has 0 saturated heterocycles. The molecule has 1 rings (SSSR count). The van der Waals surface area contributed by atoms with Crippen molar-refractivity contribution in [3.63, 3.8) is 0 Å². The zero-order valence-corrected chi connectivity index (χ0v) is 13.7. The van der Waals surface area contributed by atoms with Gasteiger partial charge >= 0.3 is 5.97 Å². The van der Waals surface area contributed by atoms with E-state index >= 15 is 0 Å². The second-order valence-electron chi connectivity index (χ2n) is 5.00. The third kappa shape index (κ3) is 7.57. The van der Waals surface area contributed by atoms with E-state index in [0.717, 1.165) is 6.42 Å². The summed E-state index contributed by atoms with van der Waals surface area (Å²) < 4.78 is 22.6. The largest absolute Gasteiger partial charge is 0.482 e. The maximum absolute atomic E-state index is 12.7. The van der Waals surface area contributed by atoms with Crippen molar-refractivity contribution in [2.45, 2.75) is 13.3 Å². The minimum atomic E-state index is -0.739. The summed E-state index contributed by atoms with van der Waals surface area (Å²) in [6.07, 6.45) is 0.801. The van der Waals surface area contributed by atoms with E-state index in [1.54, 1.807) is 0 Å². The molecule has 1 N–H and O–H groups in total. The number of nitrogens with zero attached hydrogens (tertiary/aromatic N) is 1. The van der Waals surface area contributed by atoms with Gasteiger partial charge in [0.05, 0.1) is 6.54 Å². The Kier molecular flexibility index (Phi) is 8.24. The van der Waals surface area contributed by atoms with Crippen molar-refractivity contribution >= 4 is 17.8 Å². The van der Waals surface area contributed by atoms with Gasteiger partial charge in [-0.3, -0.25) is 9.59 Å². The van der Waals surface area contributed by atoms with Gasteiger partial charge in [0, 0.05) is 13.6 Å². The van der Waals surface area contributed by atoms with Crippen LogP contribution in [0.25, 0.3) is 0 Å². The predicted molar refractivity (Wildman–Crippen MR) is 83.8 cm³/mol. The highest BCUT2D eigenvalue weighted by atomic mass is 19.1. The topological polar surface area (TPSA) is 84.9 Å². The normalized spacial score (nSPS) is 9.96. The number of nitrogens with one attached hydrogen (secondary N) is 1.